The number of aromatic nitrogens is 1. The highest BCUT2D eigenvalue weighted by Crippen LogP contribution is 2.40. The summed E-state index contributed by atoms with van der Waals surface area (Å²) in [4.78, 5) is 58.5. The number of amides is 4. The first-order chi connectivity index (χ1) is 26.2. The smallest absolute Gasteiger partial charge is 0.381 e. The first kappa shape index (κ1) is 41.7. The van der Waals surface area contributed by atoms with Crippen molar-refractivity contribution in [3.8, 4) is 0 Å². The molecule has 300 valence electrons. The monoisotopic (exact) mass is 771 g/mol. The molecule has 14 heteroatoms. The fraction of sp³-hybridized carbons (Fsp3) is 0.561. The van der Waals surface area contributed by atoms with Gasteiger partial charge in [-0.15, -0.1) is 0 Å². The lowest BCUT2D eigenvalue weighted by Gasteiger charge is -2.40. The summed E-state index contributed by atoms with van der Waals surface area (Å²) in [5.41, 5.74) is -1.42. The number of aromatic amines is 1. The molecule has 2 unspecified atom stereocenters. The second-order valence-electron chi connectivity index (χ2n) is 15.3. The average Bonchev–Trinajstić information content (AvgIpc) is 3.53. The maximum absolute atomic E-state index is 14.7. The number of nitrogens with one attached hydrogen (secondary N) is 5. The van der Waals surface area contributed by atoms with Gasteiger partial charge in [-0.25, -0.2) is 4.39 Å². The van der Waals surface area contributed by atoms with Crippen molar-refractivity contribution in [2.24, 2.45) is 17.8 Å². The number of benzene rings is 2. The summed E-state index contributed by atoms with van der Waals surface area (Å²) in [5, 5.41) is 12.1. The lowest BCUT2D eigenvalue weighted by Crippen LogP contribution is -2.66. The third-order valence-corrected chi connectivity index (χ3v) is 11.5. The third kappa shape index (κ3) is 10.1. The predicted octanol–water partition coefficient (Wildman–Crippen LogP) is 5.91. The van der Waals surface area contributed by atoms with Crippen molar-refractivity contribution in [3.05, 3.63) is 70.7 Å². The molecule has 5 rings (SSSR count). The number of halogens is 4. The van der Waals surface area contributed by atoms with E-state index >= 15 is 0 Å². The fourth-order valence-corrected chi connectivity index (χ4v) is 7.59. The first-order valence-electron chi connectivity index (χ1n) is 19.4. The molecule has 2 heterocycles. The Hall–Kier alpha value is -4.46. The molecule has 1 aliphatic heterocycles. The van der Waals surface area contributed by atoms with Crippen molar-refractivity contribution in [3.63, 3.8) is 0 Å². The molecule has 0 radical (unpaired) electrons. The summed E-state index contributed by atoms with van der Waals surface area (Å²) in [6.07, 6.45) is -2.12. The number of hydrogen-bond donors (Lipinski definition) is 5. The Morgan fingerprint density at radius 1 is 0.945 bits per heavy atom. The molecule has 5 N–H and O–H groups in total. The molecule has 1 aliphatic carbocycles. The second-order valence-corrected chi connectivity index (χ2v) is 15.3. The Morgan fingerprint density at radius 2 is 1.65 bits per heavy atom. The number of rotatable bonds is 15. The predicted molar refractivity (Wildman–Crippen MR) is 200 cm³/mol. The molecule has 1 saturated heterocycles. The van der Waals surface area contributed by atoms with Gasteiger partial charge in [-0.05, 0) is 66.7 Å². The molecule has 0 bridgehead atoms. The van der Waals surface area contributed by atoms with Crippen molar-refractivity contribution < 1.29 is 41.5 Å². The number of H-pyrrole nitrogens is 1. The molecular weight excluding hydrogens is 718 g/mol. The molecule has 1 aromatic heterocycles. The van der Waals surface area contributed by atoms with Crippen molar-refractivity contribution in [1.82, 2.24) is 26.3 Å². The minimum Gasteiger partial charge on any atom is -0.381 e. The molecular formula is C41H53F4N5O5. The zero-order valence-electron chi connectivity index (χ0n) is 32.0. The van der Waals surface area contributed by atoms with Gasteiger partial charge in [0, 0.05) is 49.7 Å². The maximum Gasteiger partial charge on any atom is 0.418 e. The zero-order chi connectivity index (χ0) is 39.9. The largest absolute Gasteiger partial charge is 0.418 e. The van der Waals surface area contributed by atoms with Crippen LogP contribution in [0.2, 0.25) is 0 Å². The highest BCUT2D eigenvalue weighted by atomic mass is 19.4. The van der Waals surface area contributed by atoms with Crippen LogP contribution < -0.4 is 21.3 Å². The molecule has 0 saturated carbocycles. The zero-order valence-corrected chi connectivity index (χ0v) is 32.0. The van der Waals surface area contributed by atoms with Crippen LogP contribution in [0.3, 0.4) is 0 Å². The Labute approximate surface area is 319 Å². The second kappa shape index (κ2) is 18.0. The molecule has 1 fully saturated rings. The van der Waals surface area contributed by atoms with Gasteiger partial charge in [0.1, 0.15) is 17.4 Å². The van der Waals surface area contributed by atoms with Crippen LogP contribution in [0, 0.1) is 23.6 Å². The molecule has 3 aromatic rings. The summed E-state index contributed by atoms with van der Waals surface area (Å²) in [7, 11) is 0. The van der Waals surface area contributed by atoms with Crippen LogP contribution in [0.4, 0.5) is 17.6 Å². The number of carbonyl (C=O) groups excluding carboxylic acids is 4. The van der Waals surface area contributed by atoms with E-state index in [1.165, 1.54) is 24.3 Å². The van der Waals surface area contributed by atoms with Crippen LogP contribution in [0.15, 0.2) is 42.5 Å². The van der Waals surface area contributed by atoms with E-state index in [0.717, 1.165) is 18.9 Å². The Bertz CT molecular complexity index is 1840. The van der Waals surface area contributed by atoms with Crippen LogP contribution in [0.5, 0.6) is 0 Å². The lowest BCUT2D eigenvalue weighted by atomic mass is 9.77. The molecule has 10 nitrogen and oxygen atoms in total. The van der Waals surface area contributed by atoms with Gasteiger partial charge in [-0.3, -0.25) is 19.2 Å². The number of para-hydroxylation sites is 1. The van der Waals surface area contributed by atoms with E-state index in [9.17, 15) is 36.7 Å². The molecule has 2 aliphatic rings. The number of ether oxygens (including phenoxy) is 1. The van der Waals surface area contributed by atoms with Gasteiger partial charge in [-0.1, -0.05) is 70.9 Å². The summed E-state index contributed by atoms with van der Waals surface area (Å²) >= 11 is 0. The van der Waals surface area contributed by atoms with E-state index in [4.69, 9.17) is 4.74 Å². The van der Waals surface area contributed by atoms with Crippen LogP contribution >= 0.6 is 0 Å². The van der Waals surface area contributed by atoms with E-state index in [0.29, 0.717) is 55.2 Å². The van der Waals surface area contributed by atoms with E-state index in [-0.39, 0.29) is 55.0 Å². The minimum absolute atomic E-state index is 0.0110. The van der Waals surface area contributed by atoms with Crippen LogP contribution in [-0.2, 0) is 49.4 Å². The van der Waals surface area contributed by atoms with Gasteiger partial charge in [-0.2, -0.15) is 13.2 Å². The Balaban J connectivity index is 1.45. The summed E-state index contributed by atoms with van der Waals surface area (Å²) in [5.74, 6) is -2.85. The number of alkyl halides is 3. The standard InChI is InChI=1S/C41H53F4N5O5/c1-5-24(3)33(21-34(51)46-23-26-15-18-55-19-16-26)48-39(54)40(17-14-32-29(22-40)28-11-9-12-30(37(28)47-32)41(43,44)45)50-38(53)36(25(4)6-2)49-35(52)20-27-10-7-8-13-31(27)42/h7-13,24-26,33,36,47H,5-6,14-23H2,1-4H3,(H,46,51)(H,48,54)(H,49,52)(H,50,53)/t24-,25?,33?,36+,40-/m1/s1. The van der Waals surface area contributed by atoms with E-state index in [2.05, 4.69) is 26.3 Å². The van der Waals surface area contributed by atoms with E-state index in [1.807, 2.05) is 20.8 Å². The quantitative estimate of drug-likeness (QED) is 0.122. The molecule has 5 atom stereocenters. The number of hydrogen-bond acceptors (Lipinski definition) is 5. The van der Waals surface area contributed by atoms with Crippen LogP contribution in [0.25, 0.3) is 10.9 Å². The number of aryl methyl sites for hydroxylation is 1. The summed E-state index contributed by atoms with van der Waals surface area (Å²) in [6.45, 7) is 9.26. The maximum atomic E-state index is 14.7. The SMILES string of the molecule is CCC(C)[C@H](NC(=O)Cc1ccccc1F)C(=O)N[C@]1(C(=O)NC(CC(=O)NCC2CCOCC2)[C@H](C)CC)CCc2[nH]c3c(C(F)(F)F)cccc3c2C1. The van der Waals surface area contributed by atoms with Gasteiger partial charge in [0.05, 0.1) is 17.5 Å². The van der Waals surface area contributed by atoms with E-state index in [1.54, 1.807) is 19.1 Å². The molecule has 0 spiro atoms. The first-order valence-corrected chi connectivity index (χ1v) is 19.4. The van der Waals surface area contributed by atoms with Gasteiger partial charge < -0.3 is 31.0 Å². The molecule has 55 heavy (non-hydrogen) atoms. The normalized spacial score (nSPS) is 19.8. The summed E-state index contributed by atoms with van der Waals surface area (Å²) < 4.78 is 62.1. The minimum atomic E-state index is -4.63. The van der Waals surface area contributed by atoms with Gasteiger partial charge in [0.2, 0.25) is 23.6 Å². The van der Waals surface area contributed by atoms with Gasteiger partial charge >= 0.3 is 6.18 Å². The van der Waals surface area contributed by atoms with Gasteiger partial charge in [0.15, 0.2) is 0 Å². The van der Waals surface area contributed by atoms with Crippen molar-refractivity contribution in [2.45, 2.75) is 109 Å². The number of fused-ring (bicyclic) bond motifs is 3. The van der Waals surface area contributed by atoms with Crippen LogP contribution in [-0.4, -0.2) is 66.0 Å². The topological polar surface area (TPSA) is 141 Å². The summed E-state index contributed by atoms with van der Waals surface area (Å²) in [6, 6.07) is 7.98. The third-order valence-electron chi connectivity index (χ3n) is 11.5. The van der Waals surface area contributed by atoms with Crippen LogP contribution in [0.1, 0.15) is 88.6 Å². The van der Waals surface area contributed by atoms with Gasteiger partial charge in [0.25, 0.3) is 0 Å². The molecule has 2 aromatic carbocycles. The van der Waals surface area contributed by atoms with Crippen molar-refractivity contribution in [2.75, 3.05) is 19.8 Å². The van der Waals surface area contributed by atoms with Crippen molar-refractivity contribution >= 4 is 34.5 Å². The Morgan fingerprint density at radius 3 is 2.33 bits per heavy atom. The lowest BCUT2D eigenvalue weighted by molar-refractivity contribution is -0.137. The highest BCUT2D eigenvalue weighted by molar-refractivity contribution is 5.97. The van der Waals surface area contributed by atoms with Crippen molar-refractivity contribution in [1.29, 1.82) is 0 Å². The number of carbonyl (C=O) groups is 4. The fourth-order valence-electron chi connectivity index (χ4n) is 7.59. The average molecular weight is 772 g/mol. The van der Waals surface area contributed by atoms with E-state index < -0.39 is 58.8 Å². The molecule has 4 amide bonds. The Kier molecular flexibility index (Phi) is 13.6. The highest BCUT2D eigenvalue weighted by Gasteiger charge is 2.47.